The second-order valence-electron chi connectivity index (χ2n) is 7.55. The van der Waals surface area contributed by atoms with Crippen molar-refractivity contribution < 1.29 is 14.3 Å². The summed E-state index contributed by atoms with van der Waals surface area (Å²) in [5, 5.41) is 5.74. The quantitative estimate of drug-likeness (QED) is 0.587. The first-order chi connectivity index (χ1) is 15.1. The first-order valence-electron chi connectivity index (χ1n) is 10.3. The largest absolute Gasteiger partial charge is 0.457 e. The molecule has 2 aromatic carbocycles. The summed E-state index contributed by atoms with van der Waals surface area (Å²) in [5.41, 5.74) is 1.59. The number of ether oxygens (including phenoxy) is 1. The second kappa shape index (κ2) is 8.95. The van der Waals surface area contributed by atoms with E-state index in [-0.39, 0.29) is 11.8 Å². The van der Waals surface area contributed by atoms with Crippen LogP contribution in [0.4, 0.5) is 0 Å². The van der Waals surface area contributed by atoms with Crippen molar-refractivity contribution in [3.63, 3.8) is 0 Å². The van der Waals surface area contributed by atoms with Crippen molar-refractivity contribution in [2.75, 3.05) is 0 Å². The molecular formula is C24H24N4O3. The van der Waals surface area contributed by atoms with E-state index in [4.69, 9.17) is 4.74 Å². The molecule has 7 nitrogen and oxygen atoms in total. The van der Waals surface area contributed by atoms with Gasteiger partial charge < -0.3 is 15.4 Å². The van der Waals surface area contributed by atoms with Crippen molar-refractivity contribution in [1.29, 1.82) is 0 Å². The molecule has 158 valence electrons. The number of nitrogens with zero attached hydrogens (tertiary/aromatic N) is 2. The molecule has 1 aromatic heterocycles. The van der Waals surface area contributed by atoms with E-state index >= 15 is 0 Å². The van der Waals surface area contributed by atoms with Crippen LogP contribution in [0.25, 0.3) is 0 Å². The monoisotopic (exact) mass is 416 g/mol. The van der Waals surface area contributed by atoms with Crippen molar-refractivity contribution in [2.24, 2.45) is 0 Å². The number of aromatic nitrogens is 2. The number of hydrogen-bond donors (Lipinski definition) is 2. The molecule has 3 aromatic rings. The number of carbonyl (C=O) groups excluding carboxylic acids is 2. The van der Waals surface area contributed by atoms with Crippen LogP contribution in [0, 0.1) is 0 Å². The molecule has 4 rings (SSSR count). The third kappa shape index (κ3) is 4.88. The molecular weight excluding hydrogens is 392 g/mol. The van der Waals surface area contributed by atoms with Crippen molar-refractivity contribution in [3.05, 3.63) is 83.9 Å². The predicted octanol–water partition coefficient (Wildman–Crippen LogP) is 3.41. The van der Waals surface area contributed by atoms with Gasteiger partial charge >= 0.3 is 0 Å². The molecule has 2 N–H and O–H groups in total. The summed E-state index contributed by atoms with van der Waals surface area (Å²) in [6.07, 6.45) is 6.34. The molecule has 1 aliphatic rings. The summed E-state index contributed by atoms with van der Waals surface area (Å²) >= 11 is 0. The van der Waals surface area contributed by atoms with Crippen molar-refractivity contribution >= 4 is 11.8 Å². The molecule has 1 heterocycles. The lowest BCUT2D eigenvalue weighted by Gasteiger charge is -2.17. The topological polar surface area (TPSA) is 93.2 Å². The van der Waals surface area contributed by atoms with Gasteiger partial charge in [0.15, 0.2) is 0 Å². The molecule has 0 atom stereocenters. The summed E-state index contributed by atoms with van der Waals surface area (Å²) in [5.74, 6) is 1.06. The van der Waals surface area contributed by atoms with Crippen LogP contribution in [0.5, 0.6) is 11.5 Å². The SMILES string of the molecule is CCc1ccccc1Oc1ccc(CNC(=O)C2(NC(=O)c3cncnc3)CC2)cc1. The van der Waals surface area contributed by atoms with Gasteiger partial charge in [-0.15, -0.1) is 0 Å². The van der Waals surface area contributed by atoms with Crippen LogP contribution in [0.15, 0.2) is 67.3 Å². The lowest BCUT2D eigenvalue weighted by Crippen LogP contribution is -2.48. The Hall–Kier alpha value is -3.74. The molecule has 1 fully saturated rings. The molecule has 0 bridgehead atoms. The van der Waals surface area contributed by atoms with Crippen LogP contribution >= 0.6 is 0 Å². The van der Waals surface area contributed by atoms with Gasteiger partial charge in [0.1, 0.15) is 23.4 Å². The van der Waals surface area contributed by atoms with Crippen molar-refractivity contribution in [2.45, 2.75) is 38.3 Å². The predicted molar refractivity (Wildman–Crippen MR) is 116 cm³/mol. The Morgan fingerprint density at radius 3 is 2.42 bits per heavy atom. The lowest BCUT2D eigenvalue weighted by atomic mass is 10.1. The standard InChI is InChI=1S/C24H24N4O3/c1-2-18-5-3-4-6-21(18)31-20-9-7-17(8-10-20)13-27-23(30)24(11-12-24)28-22(29)19-14-25-16-26-15-19/h3-10,14-16H,2,11-13H2,1H3,(H,27,30)(H,28,29). The van der Waals surface area contributed by atoms with E-state index in [2.05, 4.69) is 33.6 Å². The lowest BCUT2D eigenvalue weighted by molar-refractivity contribution is -0.124. The summed E-state index contributed by atoms with van der Waals surface area (Å²) in [7, 11) is 0. The van der Waals surface area contributed by atoms with E-state index in [1.165, 1.54) is 18.7 Å². The maximum absolute atomic E-state index is 12.7. The van der Waals surface area contributed by atoms with E-state index in [9.17, 15) is 9.59 Å². The minimum Gasteiger partial charge on any atom is -0.457 e. The Kier molecular flexibility index (Phi) is 5.93. The molecule has 1 aliphatic carbocycles. The highest BCUT2D eigenvalue weighted by Gasteiger charge is 2.51. The fraction of sp³-hybridized carbons (Fsp3) is 0.250. The van der Waals surface area contributed by atoms with Crippen LogP contribution in [0.1, 0.15) is 41.3 Å². The van der Waals surface area contributed by atoms with Crippen LogP contribution in [0.2, 0.25) is 0 Å². The Morgan fingerprint density at radius 2 is 1.74 bits per heavy atom. The summed E-state index contributed by atoms with van der Waals surface area (Å²) in [4.78, 5) is 32.7. The molecule has 0 radical (unpaired) electrons. The van der Waals surface area contributed by atoms with Gasteiger partial charge in [0.2, 0.25) is 5.91 Å². The fourth-order valence-electron chi connectivity index (χ4n) is 3.29. The second-order valence-corrected chi connectivity index (χ2v) is 7.55. The summed E-state index contributed by atoms with van der Waals surface area (Å²) in [6.45, 7) is 2.47. The Morgan fingerprint density at radius 1 is 1.03 bits per heavy atom. The highest BCUT2D eigenvalue weighted by molar-refractivity contribution is 6.00. The maximum atomic E-state index is 12.7. The van der Waals surface area contributed by atoms with E-state index in [0.717, 1.165) is 29.0 Å². The average Bonchev–Trinajstić information content (AvgIpc) is 3.60. The summed E-state index contributed by atoms with van der Waals surface area (Å²) in [6, 6.07) is 15.6. The molecule has 31 heavy (non-hydrogen) atoms. The van der Waals surface area contributed by atoms with Gasteiger partial charge in [0.05, 0.1) is 5.56 Å². The minimum absolute atomic E-state index is 0.185. The minimum atomic E-state index is -0.847. The number of amides is 2. The van der Waals surface area contributed by atoms with E-state index in [1.54, 1.807) is 0 Å². The van der Waals surface area contributed by atoms with Gasteiger partial charge in [-0.3, -0.25) is 9.59 Å². The van der Waals surface area contributed by atoms with Crippen LogP contribution < -0.4 is 15.4 Å². The molecule has 2 amide bonds. The normalized spacial score (nSPS) is 13.8. The van der Waals surface area contributed by atoms with Gasteiger partial charge in [-0.2, -0.15) is 0 Å². The van der Waals surface area contributed by atoms with Gasteiger partial charge in [0, 0.05) is 18.9 Å². The molecule has 0 aliphatic heterocycles. The zero-order chi connectivity index (χ0) is 21.7. The number of carbonyl (C=O) groups is 2. The van der Waals surface area contributed by atoms with E-state index < -0.39 is 5.54 Å². The number of benzene rings is 2. The zero-order valence-electron chi connectivity index (χ0n) is 17.3. The third-order valence-corrected chi connectivity index (χ3v) is 5.32. The Balaban J connectivity index is 1.32. The molecule has 0 spiro atoms. The van der Waals surface area contributed by atoms with Crippen molar-refractivity contribution in [3.8, 4) is 11.5 Å². The number of rotatable bonds is 8. The molecule has 0 unspecified atom stereocenters. The van der Waals surface area contributed by atoms with Gasteiger partial charge in [-0.25, -0.2) is 9.97 Å². The smallest absolute Gasteiger partial charge is 0.255 e. The van der Waals surface area contributed by atoms with Gasteiger partial charge in [0.25, 0.3) is 5.91 Å². The Labute approximate surface area is 180 Å². The number of para-hydroxylation sites is 1. The highest BCUT2D eigenvalue weighted by atomic mass is 16.5. The number of nitrogens with one attached hydrogen (secondary N) is 2. The number of hydrogen-bond acceptors (Lipinski definition) is 5. The van der Waals surface area contributed by atoms with Gasteiger partial charge in [-0.1, -0.05) is 37.3 Å². The fourth-order valence-corrected chi connectivity index (χ4v) is 3.29. The number of aryl methyl sites for hydroxylation is 1. The van der Waals surface area contributed by atoms with Gasteiger partial charge in [-0.05, 0) is 48.6 Å². The first-order valence-corrected chi connectivity index (χ1v) is 10.3. The van der Waals surface area contributed by atoms with Crippen LogP contribution in [-0.2, 0) is 17.8 Å². The van der Waals surface area contributed by atoms with Crippen molar-refractivity contribution in [1.82, 2.24) is 20.6 Å². The Bertz CT molecular complexity index is 1060. The average molecular weight is 416 g/mol. The third-order valence-electron chi connectivity index (χ3n) is 5.32. The summed E-state index contributed by atoms with van der Waals surface area (Å²) < 4.78 is 5.99. The van der Waals surface area contributed by atoms with E-state index in [0.29, 0.717) is 24.9 Å². The van der Waals surface area contributed by atoms with Crippen LogP contribution in [-0.4, -0.2) is 27.3 Å². The zero-order valence-corrected chi connectivity index (χ0v) is 17.3. The molecule has 1 saturated carbocycles. The highest BCUT2D eigenvalue weighted by Crippen LogP contribution is 2.36. The molecule has 7 heteroatoms. The van der Waals surface area contributed by atoms with E-state index in [1.807, 2.05) is 42.5 Å². The first kappa shape index (κ1) is 20.5. The molecule has 0 saturated heterocycles. The maximum Gasteiger partial charge on any atom is 0.255 e. The van der Waals surface area contributed by atoms with Crippen LogP contribution in [0.3, 0.4) is 0 Å².